The van der Waals surface area contributed by atoms with Gasteiger partial charge >= 0.3 is 12.1 Å². The molecule has 0 spiro atoms. The van der Waals surface area contributed by atoms with Crippen LogP contribution >= 0.6 is 0 Å². The molecule has 5 rings (SSSR count). The Kier molecular flexibility index (Phi) is 11.3. The first-order chi connectivity index (χ1) is 22.2. The third kappa shape index (κ3) is 9.07. The van der Waals surface area contributed by atoms with Gasteiger partial charge in [-0.2, -0.15) is 13.2 Å². The summed E-state index contributed by atoms with van der Waals surface area (Å²) < 4.78 is 66.4. The van der Waals surface area contributed by atoms with Crippen LogP contribution in [0.15, 0.2) is 78.9 Å². The van der Waals surface area contributed by atoms with Gasteiger partial charge in [0.1, 0.15) is 18.2 Å². The van der Waals surface area contributed by atoms with Crippen LogP contribution in [0.25, 0.3) is 0 Å². The van der Waals surface area contributed by atoms with Gasteiger partial charge in [-0.3, -0.25) is 14.5 Å². The lowest BCUT2D eigenvalue weighted by molar-refractivity contribution is -0.189. The molecule has 1 saturated carbocycles. The molecule has 0 N–H and O–H groups in total. The Hall–Kier alpha value is -3.96. The van der Waals surface area contributed by atoms with E-state index in [9.17, 15) is 27.2 Å². The number of alkyl halides is 3. The van der Waals surface area contributed by atoms with E-state index in [0.717, 1.165) is 24.5 Å². The Bertz CT molecular complexity index is 1430. The molecule has 2 unspecified atom stereocenters. The van der Waals surface area contributed by atoms with Crippen molar-refractivity contribution in [1.82, 2.24) is 9.80 Å². The van der Waals surface area contributed by atoms with Crippen LogP contribution in [0.2, 0.25) is 0 Å². The minimum Gasteiger partial charge on any atom is -0.492 e. The molecule has 2 amide bonds. The molecule has 11 heteroatoms. The van der Waals surface area contributed by atoms with E-state index in [1.807, 2.05) is 6.07 Å². The largest absolute Gasteiger partial charge is 0.492 e. The summed E-state index contributed by atoms with van der Waals surface area (Å²) in [4.78, 5) is 31.3. The third-order valence-corrected chi connectivity index (χ3v) is 8.58. The maximum absolute atomic E-state index is 13.9. The van der Waals surface area contributed by atoms with Crippen LogP contribution in [0.3, 0.4) is 0 Å². The van der Waals surface area contributed by atoms with Gasteiger partial charge in [-0.05, 0) is 67.1 Å². The summed E-state index contributed by atoms with van der Waals surface area (Å²) >= 11 is 0. The van der Waals surface area contributed by atoms with Crippen molar-refractivity contribution in [2.45, 2.75) is 44.4 Å². The fourth-order valence-corrected chi connectivity index (χ4v) is 6.19. The van der Waals surface area contributed by atoms with E-state index in [1.54, 1.807) is 53.4 Å². The Morgan fingerprint density at radius 3 is 2.39 bits per heavy atom. The Morgan fingerprint density at radius 2 is 1.67 bits per heavy atom. The molecular formula is C35H39F4N3O4. The minimum absolute atomic E-state index is 0.154. The maximum atomic E-state index is 13.9. The van der Waals surface area contributed by atoms with Crippen molar-refractivity contribution in [3.05, 3.63) is 95.8 Å². The van der Waals surface area contributed by atoms with Gasteiger partial charge < -0.3 is 19.3 Å². The smallest absolute Gasteiger partial charge is 0.471 e. The van der Waals surface area contributed by atoms with Gasteiger partial charge in [0.2, 0.25) is 0 Å². The SMILES string of the molecule is O=C(c1ccc(F)cc1)N(CC1CCCC(N(Cc2ccccc2)C(=O)C(F)(F)F)C1)c1cccc(OCCN2CCOCC2)c1. The van der Waals surface area contributed by atoms with Crippen molar-refractivity contribution in [3.63, 3.8) is 0 Å². The summed E-state index contributed by atoms with van der Waals surface area (Å²) in [7, 11) is 0. The van der Waals surface area contributed by atoms with Crippen LogP contribution in [0.4, 0.5) is 23.2 Å². The van der Waals surface area contributed by atoms with Gasteiger partial charge in [-0.15, -0.1) is 0 Å². The highest BCUT2D eigenvalue weighted by Gasteiger charge is 2.45. The lowest BCUT2D eigenvalue weighted by atomic mass is 9.84. The normalized spacial score (nSPS) is 19.0. The monoisotopic (exact) mass is 641 g/mol. The molecule has 0 radical (unpaired) electrons. The van der Waals surface area contributed by atoms with Crippen molar-refractivity contribution >= 4 is 17.5 Å². The summed E-state index contributed by atoms with van der Waals surface area (Å²) in [6, 6.07) is 20.4. The van der Waals surface area contributed by atoms with Gasteiger partial charge in [0.05, 0.1) is 13.2 Å². The van der Waals surface area contributed by atoms with Gasteiger partial charge in [0.15, 0.2) is 0 Å². The predicted octanol–water partition coefficient (Wildman–Crippen LogP) is 6.33. The van der Waals surface area contributed by atoms with E-state index in [0.29, 0.717) is 62.5 Å². The number of rotatable bonds is 11. The number of nitrogens with zero attached hydrogens (tertiary/aromatic N) is 3. The molecule has 46 heavy (non-hydrogen) atoms. The van der Waals surface area contributed by atoms with E-state index in [-0.39, 0.29) is 30.5 Å². The fraction of sp³-hybridized carbons (Fsp3) is 0.429. The number of anilines is 1. The standard InChI is InChI=1S/C35H39F4N3O4/c36-29-14-12-28(13-15-29)33(43)41(31-10-5-11-32(23-31)46-21-18-40-16-19-45-20-17-40)25-27-8-4-9-30(22-27)42(34(44)35(37,38)39)24-26-6-2-1-3-7-26/h1-3,5-7,10-15,23,27,30H,4,8-9,16-22,24-25H2. The molecule has 1 heterocycles. The van der Waals surface area contributed by atoms with E-state index in [1.165, 1.54) is 24.3 Å². The van der Waals surface area contributed by atoms with E-state index in [2.05, 4.69) is 4.90 Å². The van der Waals surface area contributed by atoms with E-state index in [4.69, 9.17) is 9.47 Å². The van der Waals surface area contributed by atoms with Gasteiger partial charge in [0.25, 0.3) is 5.91 Å². The molecule has 1 aliphatic carbocycles. The first-order valence-electron chi connectivity index (χ1n) is 15.7. The van der Waals surface area contributed by atoms with E-state index < -0.39 is 23.9 Å². The Morgan fingerprint density at radius 1 is 0.935 bits per heavy atom. The number of hydrogen-bond acceptors (Lipinski definition) is 5. The topological polar surface area (TPSA) is 62.3 Å². The average molecular weight is 642 g/mol. The molecule has 3 aromatic carbocycles. The Balaban J connectivity index is 1.35. The maximum Gasteiger partial charge on any atom is 0.471 e. The van der Waals surface area contributed by atoms with Crippen molar-refractivity contribution in [1.29, 1.82) is 0 Å². The molecule has 7 nitrogen and oxygen atoms in total. The lowest BCUT2D eigenvalue weighted by Crippen LogP contribution is -2.49. The van der Waals surface area contributed by atoms with Crippen LogP contribution in [-0.4, -0.2) is 79.8 Å². The summed E-state index contributed by atoms with van der Waals surface area (Å²) in [6.07, 6.45) is -2.98. The van der Waals surface area contributed by atoms with Crippen molar-refractivity contribution in [3.8, 4) is 5.75 Å². The summed E-state index contributed by atoms with van der Waals surface area (Å²) in [5.74, 6) is -2.30. The van der Waals surface area contributed by atoms with Gasteiger partial charge in [-0.25, -0.2) is 4.39 Å². The van der Waals surface area contributed by atoms with Crippen molar-refractivity contribution in [2.24, 2.45) is 5.92 Å². The highest BCUT2D eigenvalue weighted by molar-refractivity contribution is 6.06. The molecule has 1 aliphatic heterocycles. The van der Waals surface area contributed by atoms with Gasteiger partial charge in [0, 0.05) is 56.1 Å². The molecule has 3 aromatic rings. The van der Waals surface area contributed by atoms with Crippen LogP contribution in [0.5, 0.6) is 5.75 Å². The summed E-state index contributed by atoms with van der Waals surface area (Å²) in [6.45, 7) is 4.28. The van der Waals surface area contributed by atoms with E-state index >= 15 is 0 Å². The van der Waals surface area contributed by atoms with Crippen molar-refractivity contribution < 1.29 is 36.6 Å². The first-order valence-corrected chi connectivity index (χ1v) is 15.7. The minimum atomic E-state index is -5.01. The molecule has 2 atom stereocenters. The molecule has 0 aromatic heterocycles. The number of carbonyl (C=O) groups is 2. The predicted molar refractivity (Wildman–Crippen MR) is 166 cm³/mol. The molecule has 246 valence electrons. The average Bonchev–Trinajstić information content (AvgIpc) is 3.07. The second kappa shape index (κ2) is 15.6. The lowest BCUT2D eigenvalue weighted by Gasteiger charge is -2.39. The van der Waals surface area contributed by atoms with Crippen LogP contribution in [0, 0.1) is 11.7 Å². The highest BCUT2D eigenvalue weighted by atomic mass is 19.4. The second-order valence-corrected chi connectivity index (χ2v) is 11.8. The highest BCUT2D eigenvalue weighted by Crippen LogP contribution is 2.34. The summed E-state index contributed by atoms with van der Waals surface area (Å²) in [5.41, 5.74) is 1.46. The quantitative estimate of drug-likeness (QED) is 0.229. The number of benzene rings is 3. The molecule has 0 bridgehead atoms. The molecule has 2 aliphatic rings. The molecule has 2 fully saturated rings. The van der Waals surface area contributed by atoms with Crippen LogP contribution < -0.4 is 9.64 Å². The first kappa shape index (κ1) is 33.4. The number of ether oxygens (including phenoxy) is 2. The number of hydrogen-bond donors (Lipinski definition) is 0. The number of halogens is 4. The zero-order valence-electron chi connectivity index (χ0n) is 25.6. The number of morpholine rings is 1. The molecule has 1 saturated heterocycles. The summed E-state index contributed by atoms with van der Waals surface area (Å²) in [5, 5.41) is 0. The third-order valence-electron chi connectivity index (χ3n) is 8.58. The molecular weight excluding hydrogens is 602 g/mol. The van der Waals surface area contributed by atoms with Gasteiger partial charge in [-0.1, -0.05) is 42.8 Å². The van der Waals surface area contributed by atoms with Crippen LogP contribution in [-0.2, 0) is 16.1 Å². The zero-order chi connectivity index (χ0) is 32.5. The number of carbonyl (C=O) groups excluding carboxylic acids is 2. The van der Waals surface area contributed by atoms with Crippen molar-refractivity contribution in [2.75, 3.05) is 50.9 Å². The van der Waals surface area contributed by atoms with Crippen LogP contribution in [0.1, 0.15) is 41.6 Å². The Labute approximate surface area is 266 Å². The number of amides is 2. The fourth-order valence-electron chi connectivity index (χ4n) is 6.19. The second-order valence-electron chi connectivity index (χ2n) is 11.8. The zero-order valence-corrected chi connectivity index (χ0v) is 25.6.